The maximum atomic E-state index is 9.58. The van der Waals surface area contributed by atoms with Gasteiger partial charge in [0.15, 0.2) is 0 Å². The lowest BCUT2D eigenvalue weighted by Crippen LogP contribution is -2.40. The highest BCUT2D eigenvalue weighted by atomic mass is 16.5. The molecule has 168 valence electrons. The van der Waals surface area contributed by atoms with Crippen molar-refractivity contribution in [2.24, 2.45) is 22.5 Å². The van der Waals surface area contributed by atoms with Gasteiger partial charge in [-0.15, -0.1) is 0 Å². The molecule has 0 amide bonds. The molecule has 1 aromatic rings. The number of aliphatic hydroxyl groups excluding tert-OH is 1. The highest BCUT2D eigenvalue weighted by Gasteiger charge is 2.39. The zero-order valence-electron chi connectivity index (χ0n) is 19.7. The summed E-state index contributed by atoms with van der Waals surface area (Å²) in [5.74, 6) is 1.15. The molecular formula is C27H43NO2. The molecular weight excluding hydrogens is 370 g/mol. The Balaban J connectivity index is 1.33. The first kappa shape index (κ1) is 22.3. The molecule has 3 aliphatic rings. The Morgan fingerprint density at radius 1 is 1.03 bits per heavy atom. The first-order valence-electron chi connectivity index (χ1n) is 12.2. The minimum absolute atomic E-state index is 0.103. The van der Waals surface area contributed by atoms with E-state index in [1.807, 2.05) is 0 Å². The first-order valence-corrected chi connectivity index (χ1v) is 12.2. The van der Waals surface area contributed by atoms with Gasteiger partial charge in [0, 0.05) is 5.54 Å². The number of ether oxygens (including phenoxy) is 1. The van der Waals surface area contributed by atoms with Crippen molar-refractivity contribution < 1.29 is 9.84 Å². The highest BCUT2D eigenvalue weighted by molar-refractivity contribution is 5.36. The van der Waals surface area contributed by atoms with Crippen LogP contribution in [0.25, 0.3) is 0 Å². The third-order valence-corrected chi connectivity index (χ3v) is 8.08. The lowest BCUT2D eigenvalue weighted by molar-refractivity contribution is -0.0604. The molecule has 2 saturated carbocycles. The number of hydrogen-bond donors (Lipinski definition) is 2. The second-order valence-electron chi connectivity index (χ2n) is 12.5. The molecule has 0 saturated heterocycles. The van der Waals surface area contributed by atoms with Gasteiger partial charge in [0.05, 0.1) is 19.3 Å². The molecule has 0 heterocycles. The van der Waals surface area contributed by atoms with Crippen LogP contribution in [0.4, 0.5) is 0 Å². The van der Waals surface area contributed by atoms with Gasteiger partial charge in [0.1, 0.15) is 0 Å². The maximum absolute atomic E-state index is 9.58. The second kappa shape index (κ2) is 8.22. The molecule has 3 N–H and O–H groups in total. The molecule has 0 radical (unpaired) electrons. The fourth-order valence-corrected chi connectivity index (χ4v) is 6.97. The largest absolute Gasteiger partial charge is 0.394 e. The summed E-state index contributed by atoms with van der Waals surface area (Å²) in [7, 11) is 0. The second-order valence-corrected chi connectivity index (χ2v) is 12.5. The van der Waals surface area contributed by atoms with Crippen LogP contribution in [-0.2, 0) is 17.6 Å². The Hall–Kier alpha value is -0.900. The number of aliphatic hydroxyl groups is 1. The Bertz CT molecular complexity index is 739. The van der Waals surface area contributed by atoms with E-state index in [9.17, 15) is 5.11 Å². The first-order chi connectivity index (χ1) is 14.1. The van der Waals surface area contributed by atoms with E-state index in [4.69, 9.17) is 10.5 Å². The molecule has 1 aromatic carbocycles. The summed E-state index contributed by atoms with van der Waals surface area (Å²) in [6, 6.07) is 7.12. The van der Waals surface area contributed by atoms with Crippen molar-refractivity contribution in [2.75, 3.05) is 13.2 Å². The van der Waals surface area contributed by atoms with E-state index in [1.54, 1.807) is 0 Å². The summed E-state index contributed by atoms with van der Waals surface area (Å²) >= 11 is 0. The van der Waals surface area contributed by atoms with E-state index < -0.39 is 0 Å². The molecule has 3 aliphatic carbocycles. The van der Waals surface area contributed by atoms with E-state index in [-0.39, 0.29) is 12.1 Å². The molecule has 0 aliphatic heterocycles. The van der Waals surface area contributed by atoms with Crippen LogP contribution < -0.4 is 5.73 Å². The number of rotatable bonds is 5. The van der Waals surface area contributed by atoms with Crippen molar-refractivity contribution in [2.45, 2.75) is 103 Å². The van der Waals surface area contributed by atoms with Crippen LogP contribution in [0.15, 0.2) is 18.2 Å². The lowest BCUT2D eigenvalue weighted by Gasteiger charge is -2.45. The Labute approximate surface area is 183 Å². The molecule has 3 atom stereocenters. The van der Waals surface area contributed by atoms with Gasteiger partial charge in [-0.1, -0.05) is 45.9 Å². The molecule has 2 fully saturated rings. The van der Waals surface area contributed by atoms with Gasteiger partial charge in [-0.05, 0) is 97.1 Å². The third kappa shape index (κ3) is 5.11. The molecule has 0 spiro atoms. The molecule has 0 bridgehead atoms. The summed E-state index contributed by atoms with van der Waals surface area (Å²) in [6.45, 7) is 10.6. The topological polar surface area (TPSA) is 55.5 Å². The van der Waals surface area contributed by atoms with Gasteiger partial charge in [0.2, 0.25) is 0 Å². The summed E-state index contributed by atoms with van der Waals surface area (Å²) in [6.07, 6.45) is 10.6. The van der Waals surface area contributed by atoms with Crippen LogP contribution >= 0.6 is 0 Å². The van der Waals surface area contributed by atoms with Gasteiger partial charge in [-0.2, -0.15) is 0 Å². The molecule has 1 unspecified atom stereocenters. The zero-order chi connectivity index (χ0) is 21.6. The zero-order valence-corrected chi connectivity index (χ0v) is 19.7. The third-order valence-electron chi connectivity index (χ3n) is 8.08. The molecule has 0 aromatic heterocycles. The van der Waals surface area contributed by atoms with Gasteiger partial charge in [-0.3, -0.25) is 0 Å². The van der Waals surface area contributed by atoms with Crippen molar-refractivity contribution >= 4 is 0 Å². The van der Waals surface area contributed by atoms with E-state index in [0.29, 0.717) is 28.8 Å². The van der Waals surface area contributed by atoms with Crippen molar-refractivity contribution in [1.29, 1.82) is 0 Å². The number of nitrogens with two attached hydrogens (primary N) is 1. The molecule has 30 heavy (non-hydrogen) atoms. The van der Waals surface area contributed by atoms with Crippen molar-refractivity contribution in [1.82, 2.24) is 0 Å². The van der Waals surface area contributed by atoms with Crippen molar-refractivity contribution in [3.05, 3.63) is 34.9 Å². The lowest BCUT2D eigenvalue weighted by atomic mass is 9.64. The van der Waals surface area contributed by atoms with Crippen molar-refractivity contribution in [3.8, 4) is 0 Å². The minimum Gasteiger partial charge on any atom is -0.394 e. The average molecular weight is 414 g/mol. The van der Waals surface area contributed by atoms with E-state index in [1.165, 1.54) is 48.8 Å². The minimum atomic E-state index is -0.370. The van der Waals surface area contributed by atoms with E-state index in [0.717, 1.165) is 32.3 Å². The smallest absolute Gasteiger partial charge is 0.0611 e. The van der Waals surface area contributed by atoms with Gasteiger partial charge >= 0.3 is 0 Å². The molecule has 3 nitrogen and oxygen atoms in total. The molecule has 4 rings (SSSR count). The summed E-state index contributed by atoms with van der Waals surface area (Å²) in [5.41, 5.74) is 11.2. The van der Waals surface area contributed by atoms with E-state index >= 15 is 0 Å². The van der Waals surface area contributed by atoms with Crippen LogP contribution in [0.2, 0.25) is 0 Å². The van der Waals surface area contributed by atoms with Crippen LogP contribution in [0.1, 0.15) is 95.2 Å². The normalized spacial score (nSPS) is 33.4. The molecule has 3 heteroatoms. The SMILES string of the molecule is CC1(C)CC(OCC2CCc3cc([C@H]4CC[C@](N)(CO)C4)ccc3C2)CC(C)(C)C1. The predicted molar refractivity (Wildman–Crippen MR) is 124 cm³/mol. The highest BCUT2D eigenvalue weighted by Crippen LogP contribution is 2.47. The number of benzene rings is 1. The van der Waals surface area contributed by atoms with Gasteiger partial charge in [0.25, 0.3) is 0 Å². The van der Waals surface area contributed by atoms with Crippen LogP contribution in [-0.4, -0.2) is 30.0 Å². The summed E-state index contributed by atoms with van der Waals surface area (Å²) < 4.78 is 6.51. The summed E-state index contributed by atoms with van der Waals surface area (Å²) in [4.78, 5) is 0. The van der Waals surface area contributed by atoms with Crippen LogP contribution in [0, 0.1) is 16.7 Å². The number of fused-ring (bicyclic) bond motifs is 1. The maximum Gasteiger partial charge on any atom is 0.0611 e. The van der Waals surface area contributed by atoms with Gasteiger partial charge < -0.3 is 15.6 Å². The monoisotopic (exact) mass is 413 g/mol. The fraction of sp³-hybridized carbons (Fsp3) is 0.778. The Morgan fingerprint density at radius 3 is 2.43 bits per heavy atom. The average Bonchev–Trinajstić information content (AvgIpc) is 3.06. The summed E-state index contributed by atoms with van der Waals surface area (Å²) in [5, 5.41) is 9.58. The van der Waals surface area contributed by atoms with Gasteiger partial charge in [-0.25, -0.2) is 0 Å². The fourth-order valence-electron chi connectivity index (χ4n) is 6.97. The standard InChI is InChI=1S/C27H43NO2/c1-25(2)14-24(15-26(3,4)17-25)30-16-19-5-6-21-12-22(8-7-20(21)11-19)23-9-10-27(28,13-23)18-29/h7-8,12,19,23-24,29H,5-6,9-11,13-18,28H2,1-4H3/t19?,23-,27+/m0/s1. The number of hydrogen-bond acceptors (Lipinski definition) is 3. The van der Waals surface area contributed by atoms with Crippen LogP contribution in [0.3, 0.4) is 0 Å². The van der Waals surface area contributed by atoms with E-state index in [2.05, 4.69) is 45.9 Å². The Morgan fingerprint density at radius 2 is 1.77 bits per heavy atom. The number of aryl methyl sites for hydroxylation is 1. The van der Waals surface area contributed by atoms with Crippen LogP contribution in [0.5, 0.6) is 0 Å². The van der Waals surface area contributed by atoms with Crippen molar-refractivity contribution in [3.63, 3.8) is 0 Å². The Kier molecular flexibility index (Phi) is 6.11. The quantitative estimate of drug-likeness (QED) is 0.682. The predicted octanol–water partition coefficient (Wildman–Crippen LogP) is 5.37.